The predicted octanol–water partition coefficient (Wildman–Crippen LogP) is 3.68. The third kappa shape index (κ3) is 5.67. The van der Waals surface area contributed by atoms with E-state index in [9.17, 15) is 18.0 Å². The molecule has 0 saturated carbocycles. The van der Waals surface area contributed by atoms with E-state index in [1.807, 2.05) is 45.9 Å². The number of ether oxygens (including phenoxy) is 1. The Morgan fingerprint density at radius 3 is 2.10 bits per heavy atom. The minimum atomic E-state index is -3.96. The van der Waals surface area contributed by atoms with E-state index in [0.717, 1.165) is 22.9 Å². The van der Waals surface area contributed by atoms with Crippen molar-refractivity contribution >= 4 is 27.6 Å². The van der Waals surface area contributed by atoms with Crippen molar-refractivity contribution in [1.82, 2.24) is 0 Å². The molecule has 2 aromatic rings. The van der Waals surface area contributed by atoms with Crippen LogP contribution in [0.5, 0.6) is 0 Å². The number of anilines is 1. The summed E-state index contributed by atoms with van der Waals surface area (Å²) in [5, 5.41) is 7.98. The maximum Gasteiger partial charge on any atom is 0.338 e. The Morgan fingerprint density at radius 2 is 1.60 bits per heavy atom. The average Bonchev–Trinajstić information content (AvgIpc) is 2.65. The normalized spacial score (nSPS) is 11.6. The fourth-order valence-corrected chi connectivity index (χ4v) is 3.62. The number of aryl methyl sites for hydroxylation is 1. The van der Waals surface area contributed by atoms with Gasteiger partial charge in [-0.25, -0.2) is 18.4 Å². The first-order chi connectivity index (χ1) is 13.9. The highest BCUT2D eigenvalue weighted by atomic mass is 32.2. The minimum absolute atomic E-state index is 0.0415. The first-order valence-electron chi connectivity index (χ1n) is 9.65. The number of sulfonamides is 1. The number of primary sulfonamides is 1. The number of hydrogen-bond acceptors (Lipinski definition) is 5. The van der Waals surface area contributed by atoms with Crippen molar-refractivity contribution < 1.29 is 22.7 Å². The number of hydrogen-bond donors (Lipinski definition) is 2. The lowest BCUT2D eigenvalue weighted by Gasteiger charge is -2.20. The zero-order valence-corrected chi connectivity index (χ0v) is 18.7. The maximum absolute atomic E-state index is 12.5. The number of carbonyl (C=O) groups is 2. The Kier molecular flexibility index (Phi) is 7.39. The van der Waals surface area contributed by atoms with E-state index in [1.165, 1.54) is 12.1 Å². The van der Waals surface area contributed by atoms with E-state index in [2.05, 4.69) is 5.32 Å². The molecule has 0 fully saturated rings. The van der Waals surface area contributed by atoms with Crippen LogP contribution >= 0.6 is 0 Å². The molecule has 0 atom stereocenters. The second-order valence-electron chi connectivity index (χ2n) is 7.77. The lowest BCUT2D eigenvalue weighted by atomic mass is 9.92. The van der Waals surface area contributed by atoms with Crippen LogP contribution < -0.4 is 10.5 Å². The molecule has 2 aromatic carbocycles. The van der Waals surface area contributed by atoms with Gasteiger partial charge in [0.1, 0.15) is 0 Å². The quantitative estimate of drug-likeness (QED) is 0.648. The summed E-state index contributed by atoms with van der Waals surface area (Å²) in [5.74, 6) is -0.872. The van der Waals surface area contributed by atoms with Gasteiger partial charge >= 0.3 is 5.97 Å². The minimum Gasteiger partial charge on any atom is -0.452 e. The van der Waals surface area contributed by atoms with Gasteiger partial charge in [-0.1, -0.05) is 52.0 Å². The van der Waals surface area contributed by atoms with E-state index in [0.29, 0.717) is 5.56 Å². The summed E-state index contributed by atoms with van der Waals surface area (Å²) in [6.45, 7) is 9.29. The first-order valence-corrected chi connectivity index (χ1v) is 11.2. The highest BCUT2D eigenvalue weighted by Gasteiger charge is 2.19. The zero-order valence-electron chi connectivity index (χ0n) is 17.9. The van der Waals surface area contributed by atoms with E-state index in [1.54, 1.807) is 6.92 Å². The van der Waals surface area contributed by atoms with E-state index < -0.39 is 28.5 Å². The molecule has 0 aromatic heterocycles. The third-order valence-electron chi connectivity index (χ3n) is 4.73. The van der Waals surface area contributed by atoms with Crippen molar-refractivity contribution in [2.75, 3.05) is 11.9 Å². The molecule has 0 aliphatic heterocycles. The van der Waals surface area contributed by atoms with Gasteiger partial charge in [-0.15, -0.1) is 0 Å². The van der Waals surface area contributed by atoms with E-state index >= 15 is 0 Å². The van der Waals surface area contributed by atoms with Crippen molar-refractivity contribution in [3.63, 3.8) is 0 Å². The Balaban J connectivity index is 2.17. The number of carbonyl (C=O) groups excluding carboxylic acids is 2. The third-order valence-corrected chi connectivity index (χ3v) is 5.64. The molecule has 0 radical (unpaired) electrons. The molecule has 3 N–H and O–H groups in total. The molecule has 0 spiro atoms. The topological polar surface area (TPSA) is 116 Å². The fraction of sp³-hybridized carbons (Fsp3) is 0.364. The molecule has 0 aliphatic carbocycles. The van der Waals surface area contributed by atoms with Crippen molar-refractivity contribution in [2.24, 2.45) is 5.14 Å². The smallest absolute Gasteiger partial charge is 0.338 e. The van der Waals surface area contributed by atoms with Crippen LogP contribution in [0.3, 0.4) is 0 Å². The predicted molar refractivity (Wildman–Crippen MR) is 116 cm³/mol. The fourth-order valence-electron chi connectivity index (χ4n) is 3.08. The standard InChI is InChI=1S/C22H28N2O5S/c1-13(2)17-7-6-8-18(14(3)4)21(17)24-20(25)12-29-22(26)19-11-16(30(23,27)28)10-9-15(19)5/h6-11,13-14H,12H2,1-5H3,(H,24,25)(H2,23,27,28). The number of esters is 1. The lowest BCUT2D eigenvalue weighted by molar-refractivity contribution is -0.119. The molecule has 0 heterocycles. The second kappa shape index (κ2) is 9.40. The molecule has 162 valence electrons. The summed E-state index contributed by atoms with van der Waals surface area (Å²) in [5.41, 5.74) is 3.28. The first kappa shape index (κ1) is 23.6. The van der Waals surface area contributed by atoms with E-state index in [-0.39, 0.29) is 22.3 Å². The van der Waals surface area contributed by atoms with Crippen LogP contribution in [0, 0.1) is 6.92 Å². The largest absolute Gasteiger partial charge is 0.452 e. The SMILES string of the molecule is Cc1ccc(S(N)(=O)=O)cc1C(=O)OCC(=O)Nc1c(C(C)C)cccc1C(C)C. The number of nitrogens with one attached hydrogen (secondary N) is 1. The molecule has 30 heavy (non-hydrogen) atoms. The molecule has 2 rings (SSSR count). The summed E-state index contributed by atoms with van der Waals surface area (Å²) in [7, 11) is -3.96. The van der Waals surface area contributed by atoms with Crippen LogP contribution in [0.1, 0.15) is 66.6 Å². The van der Waals surface area contributed by atoms with Gasteiger partial charge in [0, 0.05) is 5.69 Å². The molecule has 0 aliphatic rings. The highest BCUT2D eigenvalue weighted by molar-refractivity contribution is 7.89. The maximum atomic E-state index is 12.5. The van der Waals surface area contributed by atoms with E-state index in [4.69, 9.17) is 9.88 Å². The highest BCUT2D eigenvalue weighted by Crippen LogP contribution is 2.32. The van der Waals surface area contributed by atoms with Gasteiger partial charge in [-0.3, -0.25) is 4.79 Å². The van der Waals surface area contributed by atoms with Crippen molar-refractivity contribution in [3.8, 4) is 0 Å². The average molecular weight is 433 g/mol. The molecule has 0 saturated heterocycles. The van der Waals surface area contributed by atoms with Gasteiger partial charge in [0.25, 0.3) is 5.91 Å². The molecule has 1 amide bonds. The molecular weight excluding hydrogens is 404 g/mol. The monoisotopic (exact) mass is 432 g/mol. The number of amides is 1. The number of para-hydroxylation sites is 1. The summed E-state index contributed by atoms with van der Waals surface area (Å²) >= 11 is 0. The van der Waals surface area contributed by atoms with Crippen LogP contribution in [0.25, 0.3) is 0 Å². The van der Waals surface area contributed by atoms with Crippen LogP contribution in [0.15, 0.2) is 41.3 Å². The van der Waals surface area contributed by atoms with Gasteiger partial charge in [-0.05, 0) is 47.6 Å². The van der Waals surface area contributed by atoms with Gasteiger partial charge in [0.05, 0.1) is 10.5 Å². The Morgan fingerprint density at radius 1 is 1.03 bits per heavy atom. The Bertz CT molecular complexity index is 1030. The lowest BCUT2D eigenvalue weighted by Crippen LogP contribution is -2.23. The van der Waals surface area contributed by atoms with Gasteiger partial charge < -0.3 is 10.1 Å². The van der Waals surface area contributed by atoms with Crippen LogP contribution in [0.4, 0.5) is 5.69 Å². The number of rotatable bonds is 7. The van der Waals surface area contributed by atoms with Crippen molar-refractivity contribution in [1.29, 1.82) is 0 Å². The Hall–Kier alpha value is -2.71. The summed E-state index contributed by atoms with van der Waals surface area (Å²) < 4.78 is 28.2. The molecule has 8 heteroatoms. The number of nitrogens with two attached hydrogens (primary N) is 1. The Labute approximate surface area is 177 Å². The molecule has 7 nitrogen and oxygen atoms in total. The van der Waals surface area contributed by atoms with Crippen LogP contribution in [0.2, 0.25) is 0 Å². The van der Waals surface area contributed by atoms with Crippen molar-refractivity contribution in [2.45, 2.75) is 51.3 Å². The van der Waals surface area contributed by atoms with Gasteiger partial charge in [0.15, 0.2) is 6.61 Å². The second-order valence-corrected chi connectivity index (χ2v) is 9.33. The molecule has 0 bridgehead atoms. The van der Waals surface area contributed by atoms with Gasteiger partial charge in [0.2, 0.25) is 10.0 Å². The van der Waals surface area contributed by atoms with Crippen LogP contribution in [-0.4, -0.2) is 26.9 Å². The summed E-state index contributed by atoms with van der Waals surface area (Å²) in [6.07, 6.45) is 0. The molecule has 0 unspecified atom stereocenters. The number of benzene rings is 2. The zero-order chi connectivity index (χ0) is 22.6. The van der Waals surface area contributed by atoms with Gasteiger partial charge in [-0.2, -0.15) is 0 Å². The van der Waals surface area contributed by atoms with Crippen molar-refractivity contribution in [3.05, 3.63) is 58.7 Å². The molecular formula is C22H28N2O5S. The van der Waals surface area contributed by atoms with Crippen LogP contribution in [-0.2, 0) is 19.6 Å². The summed E-state index contributed by atoms with van der Waals surface area (Å²) in [4.78, 5) is 24.7. The summed E-state index contributed by atoms with van der Waals surface area (Å²) in [6, 6.07) is 9.80.